The Bertz CT molecular complexity index is 443. The van der Waals surface area contributed by atoms with Gasteiger partial charge in [0.25, 0.3) is 0 Å². The monoisotopic (exact) mass is 189 g/mol. The van der Waals surface area contributed by atoms with Gasteiger partial charge in [0.2, 0.25) is 0 Å². The lowest BCUT2D eigenvalue weighted by Gasteiger charge is -1.96. The molecule has 0 aliphatic rings. The van der Waals surface area contributed by atoms with Crippen molar-refractivity contribution in [3.63, 3.8) is 0 Å². The maximum Gasteiger partial charge on any atom is 0.155 e. The number of rotatable bonds is 2. The van der Waals surface area contributed by atoms with E-state index in [2.05, 4.69) is 36.9 Å². The maximum atomic E-state index is 4.50. The van der Waals surface area contributed by atoms with Gasteiger partial charge in [-0.15, -0.1) is 0 Å². The molecule has 74 valence electrons. The van der Waals surface area contributed by atoms with Crippen molar-refractivity contribution >= 4 is 5.65 Å². The highest BCUT2D eigenvalue weighted by atomic mass is 15.2. The molecule has 14 heavy (non-hydrogen) atoms. The molecule has 2 rings (SSSR count). The summed E-state index contributed by atoms with van der Waals surface area (Å²) in [4.78, 5) is 4.50. The third kappa shape index (κ3) is 1.50. The van der Waals surface area contributed by atoms with E-state index in [1.54, 1.807) is 0 Å². The summed E-state index contributed by atoms with van der Waals surface area (Å²) in [6.07, 6.45) is 2.95. The first-order valence-corrected chi connectivity index (χ1v) is 5.06. The van der Waals surface area contributed by atoms with Crippen molar-refractivity contribution in [1.82, 2.24) is 14.6 Å². The second-order valence-electron chi connectivity index (χ2n) is 3.80. The molecule has 0 atom stereocenters. The van der Waals surface area contributed by atoms with Gasteiger partial charge in [-0.1, -0.05) is 20.8 Å². The smallest absolute Gasteiger partial charge is 0.155 e. The average molecular weight is 189 g/mol. The Morgan fingerprint density at radius 1 is 1.43 bits per heavy atom. The molecule has 2 heterocycles. The van der Waals surface area contributed by atoms with Gasteiger partial charge in [0, 0.05) is 18.0 Å². The molecule has 3 heteroatoms. The lowest BCUT2D eigenvalue weighted by molar-refractivity contribution is 0.784. The first-order valence-electron chi connectivity index (χ1n) is 5.06. The van der Waals surface area contributed by atoms with Crippen molar-refractivity contribution < 1.29 is 0 Å². The molecule has 0 spiro atoms. The van der Waals surface area contributed by atoms with Crippen LogP contribution in [0.2, 0.25) is 0 Å². The van der Waals surface area contributed by atoms with E-state index in [0.29, 0.717) is 5.92 Å². The van der Waals surface area contributed by atoms with Crippen LogP contribution in [0.15, 0.2) is 18.3 Å². The summed E-state index contributed by atoms with van der Waals surface area (Å²) in [6, 6.07) is 4.08. The minimum absolute atomic E-state index is 0.460. The summed E-state index contributed by atoms with van der Waals surface area (Å²) in [7, 11) is 0. The van der Waals surface area contributed by atoms with Gasteiger partial charge in [-0.05, 0) is 18.4 Å². The van der Waals surface area contributed by atoms with Gasteiger partial charge < -0.3 is 0 Å². The van der Waals surface area contributed by atoms with Crippen molar-refractivity contribution in [1.29, 1.82) is 0 Å². The fourth-order valence-corrected chi connectivity index (χ4v) is 1.42. The van der Waals surface area contributed by atoms with Crippen molar-refractivity contribution in [3.8, 4) is 0 Å². The number of nitrogens with zero attached hydrogens (tertiary/aromatic N) is 3. The number of hydrogen-bond donors (Lipinski definition) is 0. The van der Waals surface area contributed by atoms with Gasteiger partial charge in [0.1, 0.15) is 0 Å². The predicted molar refractivity (Wildman–Crippen MR) is 56.5 cm³/mol. The molecule has 0 fully saturated rings. The fourth-order valence-electron chi connectivity index (χ4n) is 1.42. The van der Waals surface area contributed by atoms with Crippen molar-refractivity contribution in [2.24, 2.45) is 0 Å². The molecule has 0 bridgehead atoms. The quantitative estimate of drug-likeness (QED) is 0.726. The fraction of sp³-hybridized carbons (Fsp3) is 0.455. The van der Waals surface area contributed by atoms with Crippen molar-refractivity contribution in [2.45, 2.75) is 33.1 Å². The summed E-state index contributed by atoms with van der Waals surface area (Å²) in [5.74, 6) is 0.460. The Kier molecular flexibility index (Phi) is 2.23. The van der Waals surface area contributed by atoms with E-state index >= 15 is 0 Å². The first kappa shape index (κ1) is 9.19. The number of hydrogen-bond acceptors (Lipinski definition) is 2. The van der Waals surface area contributed by atoms with Crippen molar-refractivity contribution in [2.75, 3.05) is 0 Å². The summed E-state index contributed by atoms with van der Waals surface area (Å²) in [5, 5.41) is 4.44. The zero-order valence-electron chi connectivity index (χ0n) is 8.86. The van der Waals surface area contributed by atoms with E-state index in [1.165, 1.54) is 0 Å². The Labute approximate surface area is 83.8 Å². The zero-order chi connectivity index (χ0) is 10.1. The van der Waals surface area contributed by atoms with Crippen LogP contribution < -0.4 is 0 Å². The molecular formula is C11H15N3. The Morgan fingerprint density at radius 2 is 2.21 bits per heavy atom. The van der Waals surface area contributed by atoms with Gasteiger partial charge in [-0.3, -0.25) is 0 Å². The van der Waals surface area contributed by atoms with E-state index in [9.17, 15) is 0 Å². The van der Waals surface area contributed by atoms with Crippen LogP contribution in [0.3, 0.4) is 0 Å². The van der Waals surface area contributed by atoms with Gasteiger partial charge >= 0.3 is 0 Å². The number of fused-ring (bicyclic) bond motifs is 1. The van der Waals surface area contributed by atoms with Gasteiger partial charge in [0.05, 0.1) is 5.69 Å². The third-order valence-corrected chi connectivity index (χ3v) is 2.35. The highest BCUT2D eigenvalue weighted by molar-refractivity contribution is 5.40. The van der Waals surface area contributed by atoms with Gasteiger partial charge in [-0.25, -0.2) is 9.50 Å². The zero-order valence-corrected chi connectivity index (χ0v) is 8.86. The topological polar surface area (TPSA) is 30.2 Å². The summed E-state index contributed by atoms with van der Waals surface area (Å²) < 4.78 is 1.84. The van der Waals surface area contributed by atoms with Gasteiger partial charge in [-0.2, -0.15) is 5.10 Å². The van der Waals surface area contributed by atoms with Crippen LogP contribution in [0.1, 0.15) is 38.1 Å². The lowest BCUT2D eigenvalue weighted by Crippen LogP contribution is -1.94. The lowest BCUT2D eigenvalue weighted by atomic mass is 10.1. The molecule has 0 aromatic carbocycles. The normalized spacial score (nSPS) is 11.4. The van der Waals surface area contributed by atoms with Crippen LogP contribution in [0.5, 0.6) is 0 Å². The van der Waals surface area contributed by atoms with Gasteiger partial charge in [0.15, 0.2) is 5.65 Å². The molecule has 3 nitrogen and oxygen atoms in total. The van der Waals surface area contributed by atoms with E-state index in [4.69, 9.17) is 0 Å². The molecule has 0 aliphatic heterocycles. The minimum Gasteiger partial charge on any atom is -0.234 e. The number of aromatic nitrogens is 3. The average Bonchev–Trinajstić information content (AvgIpc) is 2.59. The highest BCUT2D eigenvalue weighted by Gasteiger charge is 2.06. The molecule has 0 saturated heterocycles. The molecule has 0 aliphatic carbocycles. The van der Waals surface area contributed by atoms with E-state index < -0.39 is 0 Å². The molecule has 0 unspecified atom stereocenters. The second-order valence-corrected chi connectivity index (χ2v) is 3.80. The SMILES string of the molecule is CCc1ccn2nc(C(C)C)cc2n1. The van der Waals surface area contributed by atoms with Crippen LogP contribution in [0, 0.1) is 0 Å². The van der Waals surface area contributed by atoms with E-state index in [1.807, 2.05) is 16.8 Å². The summed E-state index contributed by atoms with van der Waals surface area (Å²) in [5.41, 5.74) is 3.17. The molecule has 2 aromatic rings. The minimum atomic E-state index is 0.460. The van der Waals surface area contributed by atoms with Crippen LogP contribution in [-0.2, 0) is 6.42 Å². The molecule has 2 aromatic heterocycles. The highest BCUT2D eigenvalue weighted by Crippen LogP contribution is 2.14. The van der Waals surface area contributed by atoms with Crippen LogP contribution in [0.4, 0.5) is 0 Å². The van der Waals surface area contributed by atoms with Crippen LogP contribution in [0.25, 0.3) is 5.65 Å². The largest absolute Gasteiger partial charge is 0.234 e. The molecule has 0 N–H and O–H groups in total. The van der Waals surface area contributed by atoms with Crippen LogP contribution in [-0.4, -0.2) is 14.6 Å². The predicted octanol–water partition coefficient (Wildman–Crippen LogP) is 2.42. The molecule has 0 saturated carbocycles. The molecule has 0 amide bonds. The summed E-state index contributed by atoms with van der Waals surface area (Å²) in [6.45, 7) is 6.39. The van der Waals surface area contributed by atoms with Crippen molar-refractivity contribution in [3.05, 3.63) is 29.7 Å². The maximum absolute atomic E-state index is 4.50. The molecule has 0 radical (unpaired) electrons. The number of aryl methyl sites for hydroxylation is 1. The third-order valence-electron chi connectivity index (χ3n) is 2.35. The Morgan fingerprint density at radius 3 is 2.86 bits per heavy atom. The van der Waals surface area contributed by atoms with E-state index in [-0.39, 0.29) is 0 Å². The Balaban J connectivity index is 2.54. The van der Waals surface area contributed by atoms with Crippen LogP contribution >= 0.6 is 0 Å². The first-order chi connectivity index (χ1) is 6.70. The Hall–Kier alpha value is -1.38. The summed E-state index contributed by atoms with van der Waals surface area (Å²) >= 11 is 0. The standard InChI is InChI=1S/C11H15N3/c1-4-9-5-6-14-11(12-9)7-10(13-14)8(2)3/h5-8H,4H2,1-3H3. The van der Waals surface area contributed by atoms with E-state index in [0.717, 1.165) is 23.5 Å². The molecular weight excluding hydrogens is 174 g/mol. The second kappa shape index (κ2) is 3.40.